The van der Waals surface area contributed by atoms with Gasteiger partial charge in [0.1, 0.15) is 0 Å². The summed E-state index contributed by atoms with van der Waals surface area (Å²) in [4.78, 5) is 26.5. The number of rotatable bonds is 4. The molecule has 0 bridgehead atoms. The molecule has 2 unspecified atom stereocenters. The van der Waals surface area contributed by atoms with Crippen LogP contribution >= 0.6 is 11.8 Å². The minimum absolute atomic E-state index is 0.0469. The lowest BCUT2D eigenvalue weighted by molar-refractivity contribution is 0.0696. The van der Waals surface area contributed by atoms with Crippen LogP contribution in [-0.4, -0.2) is 39.6 Å². The summed E-state index contributed by atoms with van der Waals surface area (Å²) in [5.41, 5.74) is 0.423. The van der Waals surface area contributed by atoms with Gasteiger partial charge in [-0.1, -0.05) is 6.42 Å². The van der Waals surface area contributed by atoms with Gasteiger partial charge in [-0.15, -0.1) is 0 Å². The molecule has 1 saturated carbocycles. The molecule has 3 N–H and O–H groups in total. The Morgan fingerprint density at radius 3 is 2.90 bits per heavy atom. The van der Waals surface area contributed by atoms with Crippen molar-refractivity contribution in [3.63, 3.8) is 0 Å². The Morgan fingerprint density at radius 1 is 1.40 bits per heavy atom. The number of urea groups is 1. The Balaban J connectivity index is 1.94. The van der Waals surface area contributed by atoms with Crippen LogP contribution in [0.1, 0.15) is 29.6 Å². The molecular formula is C13H17N3O3S. The van der Waals surface area contributed by atoms with E-state index in [4.69, 9.17) is 5.11 Å². The minimum Gasteiger partial charge on any atom is -0.478 e. The Bertz CT molecular complexity index is 509. The summed E-state index contributed by atoms with van der Waals surface area (Å²) in [6.45, 7) is 0. The lowest BCUT2D eigenvalue weighted by Gasteiger charge is -2.19. The standard InChI is InChI=1S/C13H17N3O3S/c1-20-11-4-2-3-10(11)16-13(19)15-9-5-8(12(17)18)6-14-7-9/h5-7,10-11H,2-4H2,1H3,(H,17,18)(H2,15,16,19). The molecule has 1 aromatic rings. The molecule has 2 rings (SSSR count). The van der Waals surface area contributed by atoms with E-state index >= 15 is 0 Å². The van der Waals surface area contributed by atoms with Gasteiger partial charge in [-0.25, -0.2) is 9.59 Å². The van der Waals surface area contributed by atoms with Gasteiger partial charge < -0.3 is 15.7 Å². The second-order valence-electron chi connectivity index (χ2n) is 4.68. The zero-order valence-electron chi connectivity index (χ0n) is 11.1. The number of pyridine rings is 1. The molecule has 20 heavy (non-hydrogen) atoms. The number of nitrogens with one attached hydrogen (secondary N) is 2. The van der Waals surface area contributed by atoms with Crippen LogP contribution < -0.4 is 10.6 Å². The number of carboxylic acids is 1. The van der Waals surface area contributed by atoms with Crippen molar-refractivity contribution >= 4 is 29.4 Å². The molecular weight excluding hydrogens is 278 g/mol. The van der Waals surface area contributed by atoms with Crippen LogP contribution in [-0.2, 0) is 0 Å². The number of carbonyl (C=O) groups is 2. The summed E-state index contributed by atoms with van der Waals surface area (Å²) in [5, 5.41) is 14.9. The van der Waals surface area contributed by atoms with Gasteiger partial charge in [-0.05, 0) is 25.2 Å². The first kappa shape index (κ1) is 14.6. The maximum absolute atomic E-state index is 11.9. The molecule has 2 atom stereocenters. The van der Waals surface area contributed by atoms with Crippen LogP contribution in [0.15, 0.2) is 18.5 Å². The van der Waals surface area contributed by atoms with Gasteiger partial charge in [-0.3, -0.25) is 4.98 Å². The van der Waals surface area contributed by atoms with Crippen molar-refractivity contribution in [2.75, 3.05) is 11.6 Å². The summed E-state index contributed by atoms with van der Waals surface area (Å²) in [6, 6.07) is 1.23. The molecule has 1 fully saturated rings. The van der Waals surface area contributed by atoms with Gasteiger partial charge in [0.15, 0.2) is 0 Å². The Kier molecular flexibility index (Phi) is 4.84. The average molecular weight is 295 g/mol. The minimum atomic E-state index is -1.07. The predicted octanol–water partition coefficient (Wildman–Crippen LogP) is 2.19. The number of carboxylic acid groups (broad SMARTS) is 1. The van der Waals surface area contributed by atoms with Crippen molar-refractivity contribution in [3.8, 4) is 0 Å². The summed E-state index contributed by atoms with van der Waals surface area (Å²) in [7, 11) is 0. The van der Waals surface area contributed by atoms with Crippen LogP contribution in [0.5, 0.6) is 0 Å². The van der Waals surface area contributed by atoms with Crippen molar-refractivity contribution in [1.82, 2.24) is 10.3 Å². The molecule has 1 aromatic heterocycles. The van der Waals surface area contributed by atoms with Gasteiger partial charge in [0.2, 0.25) is 0 Å². The highest BCUT2D eigenvalue weighted by atomic mass is 32.2. The zero-order chi connectivity index (χ0) is 14.5. The second-order valence-corrected chi connectivity index (χ2v) is 5.75. The molecule has 2 amide bonds. The number of anilines is 1. The number of carbonyl (C=O) groups excluding carboxylic acids is 1. The molecule has 0 radical (unpaired) electrons. The average Bonchev–Trinajstić information content (AvgIpc) is 2.86. The quantitative estimate of drug-likeness (QED) is 0.792. The summed E-state index contributed by atoms with van der Waals surface area (Å²) >= 11 is 1.76. The smallest absolute Gasteiger partial charge is 0.337 e. The number of nitrogens with zero attached hydrogens (tertiary/aromatic N) is 1. The largest absolute Gasteiger partial charge is 0.478 e. The maximum Gasteiger partial charge on any atom is 0.337 e. The van der Waals surface area contributed by atoms with Crippen molar-refractivity contribution in [1.29, 1.82) is 0 Å². The van der Waals surface area contributed by atoms with Gasteiger partial charge >= 0.3 is 12.0 Å². The first-order valence-corrected chi connectivity index (χ1v) is 7.67. The van der Waals surface area contributed by atoms with E-state index in [-0.39, 0.29) is 17.6 Å². The van der Waals surface area contributed by atoms with E-state index in [2.05, 4.69) is 15.6 Å². The van der Waals surface area contributed by atoms with Gasteiger partial charge in [-0.2, -0.15) is 11.8 Å². The number of amides is 2. The fourth-order valence-corrected chi connectivity index (χ4v) is 3.27. The van der Waals surface area contributed by atoms with E-state index in [1.807, 2.05) is 6.26 Å². The molecule has 0 aromatic carbocycles. The molecule has 1 heterocycles. The Hall–Kier alpha value is -1.76. The topological polar surface area (TPSA) is 91.3 Å². The highest BCUT2D eigenvalue weighted by Gasteiger charge is 2.27. The maximum atomic E-state index is 11.9. The SMILES string of the molecule is CSC1CCCC1NC(=O)Nc1cncc(C(=O)O)c1. The number of thioether (sulfide) groups is 1. The summed E-state index contributed by atoms with van der Waals surface area (Å²) < 4.78 is 0. The first-order valence-electron chi connectivity index (χ1n) is 6.39. The molecule has 1 aliphatic carbocycles. The third-order valence-corrected chi connectivity index (χ3v) is 4.48. The predicted molar refractivity (Wildman–Crippen MR) is 78.3 cm³/mol. The van der Waals surface area contributed by atoms with Crippen LogP contribution in [0.2, 0.25) is 0 Å². The van der Waals surface area contributed by atoms with Crippen molar-refractivity contribution in [3.05, 3.63) is 24.0 Å². The zero-order valence-corrected chi connectivity index (χ0v) is 11.9. The summed E-state index contributed by atoms with van der Waals surface area (Å²) in [6.07, 6.45) is 7.92. The van der Waals surface area contributed by atoms with Crippen LogP contribution in [0.4, 0.5) is 10.5 Å². The third-order valence-electron chi connectivity index (χ3n) is 3.31. The van der Waals surface area contributed by atoms with Gasteiger partial charge in [0.05, 0.1) is 17.4 Å². The molecule has 0 spiro atoms. The lowest BCUT2D eigenvalue weighted by atomic mass is 10.2. The molecule has 7 heteroatoms. The second kappa shape index (κ2) is 6.60. The molecule has 0 saturated heterocycles. The number of aromatic nitrogens is 1. The fourth-order valence-electron chi connectivity index (χ4n) is 2.33. The molecule has 108 valence electrons. The highest BCUT2D eigenvalue weighted by molar-refractivity contribution is 7.99. The van der Waals surface area contributed by atoms with Gasteiger partial charge in [0.25, 0.3) is 0 Å². The number of aromatic carboxylic acids is 1. The monoisotopic (exact) mass is 295 g/mol. The van der Waals surface area contributed by atoms with E-state index < -0.39 is 5.97 Å². The summed E-state index contributed by atoms with van der Waals surface area (Å²) in [5.74, 6) is -1.07. The molecule has 0 aliphatic heterocycles. The first-order chi connectivity index (χ1) is 9.60. The van der Waals surface area contributed by atoms with E-state index in [0.717, 1.165) is 19.3 Å². The van der Waals surface area contributed by atoms with Crippen LogP contribution in [0.3, 0.4) is 0 Å². The molecule has 1 aliphatic rings. The fraction of sp³-hybridized carbons (Fsp3) is 0.462. The third kappa shape index (κ3) is 3.63. The van der Waals surface area contributed by atoms with Crippen molar-refractivity contribution < 1.29 is 14.7 Å². The van der Waals surface area contributed by atoms with Crippen LogP contribution in [0, 0.1) is 0 Å². The Morgan fingerprint density at radius 2 is 2.20 bits per heavy atom. The number of hydrogen-bond donors (Lipinski definition) is 3. The van der Waals surface area contributed by atoms with E-state index in [9.17, 15) is 9.59 Å². The lowest BCUT2D eigenvalue weighted by Crippen LogP contribution is -2.41. The van der Waals surface area contributed by atoms with Gasteiger partial charge in [0, 0.05) is 17.5 Å². The molecule has 6 nitrogen and oxygen atoms in total. The Labute approximate surface area is 121 Å². The van der Waals surface area contributed by atoms with E-state index in [1.54, 1.807) is 11.8 Å². The van der Waals surface area contributed by atoms with E-state index in [0.29, 0.717) is 10.9 Å². The van der Waals surface area contributed by atoms with Crippen molar-refractivity contribution in [2.45, 2.75) is 30.6 Å². The van der Waals surface area contributed by atoms with E-state index in [1.165, 1.54) is 18.5 Å². The van der Waals surface area contributed by atoms with Crippen LogP contribution in [0.25, 0.3) is 0 Å². The normalized spacial score (nSPS) is 21.4. The van der Waals surface area contributed by atoms with Crippen molar-refractivity contribution in [2.24, 2.45) is 0 Å². The number of hydrogen-bond acceptors (Lipinski definition) is 4. The highest BCUT2D eigenvalue weighted by Crippen LogP contribution is 2.28.